The van der Waals surface area contributed by atoms with E-state index in [4.69, 9.17) is 0 Å². The number of aliphatic hydroxyl groups is 1. The largest absolute Gasteiger partial charge is 0.388 e. The van der Waals surface area contributed by atoms with E-state index < -0.39 is 0 Å². The highest BCUT2D eigenvalue weighted by atomic mass is 16.3. The van der Waals surface area contributed by atoms with Crippen LogP contribution in [0, 0.1) is 5.41 Å². The van der Waals surface area contributed by atoms with Crippen LogP contribution in [0.1, 0.15) is 37.9 Å². The van der Waals surface area contributed by atoms with E-state index in [-0.39, 0.29) is 11.5 Å². The van der Waals surface area contributed by atoms with Crippen molar-refractivity contribution >= 4 is 0 Å². The Morgan fingerprint density at radius 3 is 2.60 bits per heavy atom. The molecule has 2 rings (SSSR count). The Balaban J connectivity index is 2.23. The van der Waals surface area contributed by atoms with Crippen LogP contribution in [0.25, 0.3) is 0 Å². The molecule has 2 atom stereocenters. The van der Waals surface area contributed by atoms with Crippen molar-refractivity contribution in [3.63, 3.8) is 0 Å². The molecule has 0 fully saturated rings. The summed E-state index contributed by atoms with van der Waals surface area (Å²) >= 11 is 0. The summed E-state index contributed by atoms with van der Waals surface area (Å²) in [7, 11) is 0. The van der Waals surface area contributed by atoms with Gasteiger partial charge in [-0.1, -0.05) is 49.4 Å². The van der Waals surface area contributed by atoms with E-state index in [0.29, 0.717) is 0 Å². The lowest BCUT2D eigenvalue weighted by Crippen LogP contribution is -2.25. The first-order valence-corrected chi connectivity index (χ1v) is 5.63. The van der Waals surface area contributed by atoms with Crippen molar-refractivity contribution in [2.45, 2.75) is 32.3 Å². The van der Waals surface area contributed by atoms with Crippen LogP contribution in [-0.2, 0) is 0 Å². The molecule has 0 spiro atoms. The zero-order chi connectivity index (χ0) is 10.7. The highest BCUT2D eigenvalue weighted by Gasteiger charge is 2.32. The lowest BCUT2D eigenvalue weighted by atomic mass is 9.74. The molecule has 1 aliphatic rings. The summed E-state index contributed by atoms with van der Waals surface area (Å²) in [5, 5.41) is 10.4. The molecule has 80 valence electrons. The van der Waals surface area contributed by atoms with Gasteiger partial charge in [0.2, 0.25) is 0 Å². The van der Waals surface area contributed by atoms with Gasteiger partial charge in [-0.3, -0.25) is 0 Å². The van der Waals surface area contributed by atoms with Crippen LogP contribution in [0.5, 0.6) is 0 Å². The van der Waals surface area contributed by atoms with Crippen molar-refractivity contribution < 1.29 is 5.11 Å². The van der Waals surface area contributed by atoms with E-state index >= 15 is 0 Å². The van der Waals surface area contributed by atoms with E-state index in [0.717, 1.165) is 18.4 Å². The summed E-state index contributed by atoms with van der Waals surface area (Å²) in [6.45, 7) is 2.14. The van der Waals surface area contributed by atoms with Gasteiger partial charge in [-0.2, -0.15) is 0 Å². The molecule has 0 amide bonds. The minimum Gasteiger partial charge on any atom is -0.388 e. The second kappa shape index (κ2) is 4.19. The molecular weight excluding hydrogens is 184 g/mol. The van der Waals surface area contributed by atoms with Gasteiger partial charge in [0, 0.05) is 5.41 Å². The van der Waals surface area contributed by atoms with Gasteiger partial charge in [0.15, 0.2) is 0 Å². The molecule has 0 saturated carbocycles. The van der Waals surface area contributed by atoms with Gasteiger partial charge in [0.1, 0.15) is 0 Å². The molecule has 15 heavy (non-hydrogen) atoms. The Hall–Kier alpha value is -1.08. The molecule has 0 bridgehead atoms. The van der Waals surface area contributed by atoms with E-state index in [1.165, 1.54) is 6.42 Å². The van der Waals surface area contributed by atoms with Crippen LogP contribution >= 0.6 is 0 Å². The Bertz CT molecular complexity index is 342. The lowest BCUT2D eigenvalue weighted by Gasteiger charge is -2.34. The minimum atomic E-state index is -0.379. The zero-order valence-electron chi connectivity index (χ0n) is 9.19. The van der Waals surface area contributed by atoms with Crippen molar-refractivity contribution in [3.05, 3.63) is 48.0 Å². The third-order valence-electron chi connectivity index (χ3n) is 3.32. The van der Waals surface area contributed by atoms with Gasteiger partial charge in [0.05, 0.1) is 6.10 Å². The number of aliphatic hydroxyl groups excluding tert-OH is 1. The smallest absolute Gasteiger partial charge is 0.0877 e. The van der Waals surface area contributed by atoms with E-state index in [1.54, 1.807) is 0 Å². The monoisotopic (exact) mass is 202 g/mol. The maximum atomic E-state index is 10.4. The average Bonchev–Trinajstić information content (AvgIpc) is 2.30. The van der Waals surface area contributed by atoms with E-state index in [1.807, 2.05) is 30.3 Å². The summed E-state index contributed by atoms with van der Waals surface area (Å²) in [5.74, 6) is 0. The van der Waals surface area contributed by atoms with Crippen LogP contribution < -0.4 is 0 Å². The highest BCUT2D eigenvalue weighted by Crippen LogP contribution is 2.41. The summed E-state index contributed by atoms with van der Waals surface area (Å²) in [6.07, 6.45) is 7.38. The molecule has 1 nitrogen and oxygen atoms in total. The SMILES string of the molecule is C[C@]1([C@@H](O)c2ccccc2)C=CCCC1. The minimum absolute atomic E-state index is 0.0837. The summed E-state index contributed by atoms with van der Waals surface area (Å²) in [5.41, 5.74) is 0.936. The fraction of sp³-hybridized carbons (Fsp3) is 0.429. The van der Waals surface area contributed by atoms with Crippen LogP contribution in [0.15, 0.2) is 42.5 Å². The van der Waals surface area contributed by atoms with Crippen molar-refractivity contribution in [1.82, 2.24) is 0 Å². The van der Waals surface area contributed by atoms with Crippen LogP contribution in [0.3, 0.4) is 0 Å². The Morgan fingerprint density at radius 1 is 1.27 bits per heavy atom. The van der Waals surface area contributed by atoms with Crippen LogP contribution in [0.4, 0.5) is 0 Å². The van der Waals surface area contributed by atoms with Crippen LogP contribution in [0.2, 0.25) is 0 Å². The van der Waals surface area contributed by atoms with E-state index in [9.17, 15) is 5.11 Å². The number of hydrogen-bond donors (Lipinski definition) is 1. The van der Waals surface area contributed by atoms with Crippen LogP contribution in [-0.4, -0.2) is 5.11 Å². The van der Waals surface area contributed by atoms with Crippen molar-refractivity contribution in [1.29, 1.82) is 0 Å². The predicted octanol–water partition coefficient (Wildman–Crippen LogP) is 3.47. The van der Waals surface area contributed by atoms with Crippen molar-refractivity contribution in [2.75, 3.05) is 0 Å². The first-order valence-electron chi connectivity index (χ1n) is 5.63. The molecule has 0 heterocycles. The molecule has 0 aromatic heterocycles. The fourth-order valence-corrected chi connectivity index (χ4v) is 2.28. The third kappa shape index (κ3) is 2.13. The molecule has 0 saturated heterocycles. The Kier molecular flexibility index (Phi) is 2.92. The highest BCUT2D eigenvalue weighted by molar-refractivity contribution is 5.22. The average molecular weight is 202 g/mol. The van der Waals surface area contributed by atoms with Gasteiger partial charge >= 0.3 is 0 Å². The normalized spacial score (nSPS) is 27.6. The van der Waals surface area contributed by atoms with Crippen molar-refractivity contribution in [2.24, 2.45) is 5.41 Å². The second-order valence-corrected chi connectivity index (χ2v) is 4.61. The molecule has 1 N–H and O–H groups in total. The van der Waals surface area contributed by atoms with Gasteiger partial charge in [0.25, 0.3) is 0 Å². The summed E-state index contributed by atoms with van der Waals surface area (Å²) in [4.78, 5) is 0. The topological polar surface area (TPSA) is 20.2 Å². The first kappa shape index (κ1) is 10.4. The standard InChI is InChI=1S/C14H18O/c1-14(10-6-3-7-11-14)13(15)12-8-4-2-5-9-12/h2,4-6,8-10,13,15H,3,7,11H2,1H3/t13-,14-/m0/s1. The molecule has 1 aromatic carbocycles. The first-order chi connectivity index (χ1) is 7.22. The molecule has 1 heteroatoms. The summed E-state index contributed by atoms with van der Waals surface area (Å²) < 4.78 is 0. The van der Waals surface area contributed by atoms with Gasteiger partial charge in [-0.15, -0.1) is 0 Å². The number of allylic oxidation sites excluding steroid dienone is 1. The van der Waals surface area contributed by atoms with Gasteiger partial charge in [-0.05, 0) is 24.8 Å². The molecule has 1 aromatic rings. The molecule has 0 aliphatic heterocycles. The van der Waals surface area contributed by atoms with Crippen molar-refractivity contribution in [3.8, 4) is 0 Å². The van der Waals surface area contributed by atoms with Gasteiger partial charge < -0.3 is 5.11 Å². The second-order valence-electron chi connectivity index (χ2n) is 4.61. The number of hydrogen-bond acceptors (Lipinski definition) is 1. The number of rotatable bonds is 2. The molecule has 1 aliphatic carbocycles. The van der Waals surface area contributed by atoms with E-state index in [2.05, 4.69) is 19.1 Å². The zero-order valence-corrected chi connectivity index (χ0v) is 9.19. The quantitative estimate of drug-likeness (QED) is 0.728. The number of benzene rings is 1. The fourth-order valence-electron chi connectivity index (χ4n) is 2.28. The predicted molar refractivity (Wildman–Crippen MR) is 62.5 cm³/mol. The maximum Gasteiger partial charge on any atom is 0.0877 e. The molecular formula is C14H18O. The lowest BCUT2D eigenvalue weighted by molar-refractivity contribution is 0.0594. The van der Waals surface area contributed by atoms with Gasteiger partial charge in [-0.25, -0.2) is 0 Å². The summed E-state index contributed by atoms with van der Waals surface area (Å²) in [6, 6.07) is 9.94. The Labute approximate surface area is 91.4 Å². The molecule has 0 radical (unpaired) electrons. The Morgan fingerprint density at radius 2 is 2.00 bits per heavy atom. The maximum absolute atomic E-state index is 10.4. The molecule has 0 unspecified atom stereocenters. The third-order valence-corrected chi connectivity index (χ3v) is 3.32.